The Bertz CT molecular complexity index is 869. The van der Waals surface area contributed by atoms with Crippen LogP contribution in [0.5, 0.6) is 0 Å². The summed E-state index contributed by atoms with van der Waals surface area (Å²) in [4.78, 5) is 8.65. The fraction of sp³-hybridized carbons (Fsp3) is 0.500. The fourth-order valence-electron chi connectivity index (χ4n) is 3.30. The molecule has 8 heteroatoms. The lowest BCUT2D eigenvalue weighted by Crippen LogP contribution is -2.21. The third kappa shape index (κ3) is 2.43. The van der Waals surface area contributed by atoms with E-state index in [4.69, 9.17) is 4.74 Å². The highest BCUT2D eigenvalue weighted by atomic mass is 16.5. The Labute approximate surface area is 139 Å². The first-order valence-corrected chi connectivity index (χ1v) is 8.15. The minimum absolute atomic E-state index is 0.0690. The van der Waals surface area contributed by atoms with Crippen molar-refractivity contribution in [2.24, 2.45) is 13.0 Å². The van der Waals surface area contributed by atoms with Crippen molar-refractivity contribution in [2.75, 3.05) is 18.5 Å². The Balaban J connectivity index is 1.58. The minimum Gasteiger partial charge on any atom is -0.372 e. The normalized spacial score (nSPS) is 20.8. The smallest absolute Gasteiger partial charge is 0.254 e. The van der Waals surface area contributed by atoms with Gasteiger partial charge in [-0.3, -0.25) is 4.68 Å². The van der Waals surface area contributed by atoms with Crippen molar-refractivity contribution in [2.45, 2.75) is 26.4 Å². The Morgan fingerprint density at radius 3 is 3.00 bits per heavy atom. The van der Waals surface area contributed by atoms with E-state index in [9.17, 15) is 0 Å². The van der Waals surface area contributed by atoms with Crippen LogP contribution >= 0.6 is 0 Å². The van der Waals surface area contributed by atoms with Crippen LogP contribution < -0.4 is 5.32 Å². The number of fused-ring (bicyclic) bond motifs is 1. The molecule has 126 valence electrons. The summed E-state index contributed by atoms with van der Waals surface area (Å²) in [6.45, 7) is 5.62. The summed E-state index contributed by atoms with van der Waals surface area (Å²) in [6, 6.07) is 2.03. The van der Waals surface area contributed by atoms with Gasteiger partial charge in [0.2, 0.25) is 0 Å². The van der Waals surface area contributed by atoms with Crippen LogP contribution in [-0.4, -0.2) is 42.5 Å². The zero-order valence-electron chi connectivity index (χ0n) is 14.1. The summed E-state index contributed by atoms with van der Waals surface area (Å²) >= 11 is 0. The molecule has 1 saturated heterocycles. The van der Waals surface area contributed by atoms with E-state index in [0.717, 1.165) is 42.3 Å². The highest BCUT2D eigenvalue weighted by Crippen LogP contribution is 2.34. The van der Waals surface area contributed by atoms with E-state index in [-0.39, 0.29) is 6.10 Å². The molecule has 24 heavy (non-hydrogen) atoms. The molecule has 0 saturated carbocycles. The number of nitrogens with zero attached hydrogens (tertiary/aromatic N) is 6. The summed E-state index contributed by atoms with van der Waals surface area (Å²) in [5.74, 6) is 1.95. The van der Waals surface area contributed by atoms with E-state index in [2.05, 4.69) is 32.4 Å². The molecule has 4 rings (SSSR count). The van der Waals surface area contributed by atoms with Crippen LogP contribution in [0.25, 0.3) is 5.78 Å². The molecule has 3 aromatic heterocycles. The van der Waals surface area contributed by atoms with E-state index in [1.807, 2.05) is 30.9 Å². The predicted octanol–water partition coefficient (Wildman–Crippen LogP) is 1.66. The van der Waals surface area contributed by atoms with E-state index >= 15 is 0 Å². The lowest BCUT2D eigenvalue weighted by Gasteiger charge is -2.20. The van der Waals surface area contributed by atoms with Crippen molar-refractivity contribution < 1.29 is 4.74 Å². The molecule has 1 fully saturated rings. The number of aryl methyl sites for hydroxylation is 2. The third-order valence-electron chi connectivity index (χ3n) is 4.80. The van der Waals surface area contributed by atoms with E-state index in [1.165, 1.54) is 6.33 Å². The van der Waals surface area contributed by atoms with Crippen LogP contribution in [0.4, 0.5) is 5.82 Å². The molecule has 0 aliphatic carbocycles. The first-order valence-electron chi connectivity index (χ1n) is 8.15. The van der Waals surface area contributed by atoms with Gasteiger partial charge in [-0.15, -0.1) is 0 Å². The molecule has 0 amide bonds. The van der Waals surface area contributed by atoms with Gasteiger partial charge in [-0.05, 0) is 26.3 Å². The highest BCUT2D eigenvalue weighted by molar-refractivity contribution is 5.51. The zero-order chi connectivity index (χ0) is 16.7. The number of ether oxygens (including phenoxy) is 1. The molecule has 0 radical (unpaired) electrons. The van der Waals surface area contributed by atoms with Crippen molar-refractivity contribution in [1.82, 2.24) is 29.4 Å². The lowest BCUT2D eigenvalue weighted by atomic mass is 9.99. The average molecular weight is 327 g/mol. The Morgan fingerprint density at radius 2 is 2.21 bits per heavy atom. The second-order valence-corrected chi connectivity index (χ2v) is 6.24. The number of anilines is 1. The van der Waals surface area contributed by atoms with Gasteiger partial charge in [0, 0.05) is 43.6 Å². The third-order valence-corrected chi connectivity index (χ3v) is 4.80. The Hall–Kier alpha value is -2.48. The molecule has 1 aliphatic heterocycles. The second kappa shape index (κ2) is 5.86. The maximum absolute atomic E-state index is 5.96. The molecule has 0 unspecified atom stereocenters. The van der Waals surface area contributed by atoms with Crippen molar-refractivity contribution >= 4 is 11.6 Å². The number of aromatic nitrogens is 6. The van der Waals surface area contributed by atoms with Gasteiger partial charge in [-0.25, -0.2) is 4.98 Å². The molecule has 1 aliphatic rings. The lowest BCUT2D eigenvalue weighted by molar-refractivity contribution is 0.0866. The molecule has 4 heterocycles. The maximum atomic E-state index is 5.96. The van der Waals surface area contributed by atoms with Crippen LogP contribution in [-0.2, 0) is 11.8 Å². The van der Waals surface area contributed by atoms with Crippen LogP contribution in [0, 0.1) is 19.8 Å². The molecule has 0 spiro atoms. The standard InChI is InChI=1S/C16H21N7O/c1-10-11(2)21-16-18-9-20-23(16)15(10)17-8-12-5-7-24-14(12)13-4-6-19-22(13)3/h4,6,9,12,14,17H,5,7-8H2,1-3H3/t12-,14+/m0/s1. The number of nitrogens with one attached hydrogen (secondary N) is 1. The average Bonchev–Trinajstić information content (AvgIpc) is 3.28. The van der Waals surface area contributed by atoms with E-state index in [1.54, 1.807) is 4.52 Å². The van der Waals surface area contributed by atoms with Gasteiger partial charge in [0.15, 0.2) is 0 Å². The van der Waals surface area contributed by atoms with Gasteiger partial charge in [-0.2, -0.15) is 19.7 Å². The molecular formula is C16H21N7O. The van der Waals surface area contributed by atoms with Crippen LogP contribution in [0.1, 0.15) is 29.5 Å². The van der Waals surface area contributed by atoms with Crippen molar-refractivity contribution in [3.8, 4) is 0 Å². The SMILES string of the molecule is Cc1nc2ncnn2c(NC[C@@H]2CCO[C@H]2c2ccnn2C)c1C. The first kappa shape index (κ1) is 15.1. The molecule has 2 atom stereocenters. The van der Waals surface area contributed by atoms with Gasteiger partial charge in [0.1, 0.15) is 18.2 Å². The molecule has 8 nitrogen and oxygen atoms in total. The molecule has 1 N–H and O–H groups in total. The van der Waals surface area contributed by atoms with Crippen molar-refractivity contribution in [3.05, 3.63) is 35.5 Å². The summed E-state index contributed by atoms with van der Waals surface area (Å²) in [5.41, 5.74) is 3.17. The molecular weight excluding hydrogens is 306 g/mol. The topological polar surface area (TPSA) is 82.2 Å². The van der Waals surface area contributed by atoms with Crippen molar-refractivity contribution in [3.63, 3.8) is 0 Å². The number of rotatable bonds is 4. The zero-order valence-corrected chi connectivity index (χ0v) is 14.1. The fourth-order valence-corrected chi connectivity index (χ4v) is 3.30. The summed E-state index contributed by atoms with van der Waals surface area (Å²) in [7, 11) is 1.96. The Morgan fingerprint density at radius 1 is 1.33 bits per heavy atom. The van der Waals surface area contributed by atoms with Gasteiger partial charge in [0.25, 0.3) is 5.78 Å². The van der Waals surface area contributed by atoms with Gasteiger partial charge in [-0.1, -0.05) is 0 Å². The van der Waals surface area contributed by atoms with E-state index in [0.29, 0.717) is 11.7 Å². The van der Waals surface area contributed by atoms with E-state index < -0.39 is 0 Å². The quantitative estimate of drug-likeness (QED) is 0.785. The second-order valence-electron chi connectivity index (χ2n) is 6.24. The summed E-state index contributed by atoms with van der Waals surface area (Å²) < 4.78 is 9.61. The summed E-state index contributed by atoms with van der Waals surface area (Å²) in [6.07, 6.45) is 4.44. The van der Waals surface area contributed by atoms with Gasteiger partial charge < -0.3 is 10.1 Å². The maximum Gasteiger partial charge on any atom is 0.254 e. The largest absolute Gasteiger partial charge is 0.372 e. The van der Waals surface area contributed by atoms with Crippen LogP contribution in [0.2, 0.25) is 0 Å². The first-order chi connectivity index (χ1) is 11.6. The van der Waals surface area contributed by atoms with Crippen molar-refractivity contribution in [1.29, 1.82) is 0 Å². The summed E-state index contributed by atoms with van der Waals surface area (Å²) in [5, 5.41) is 12.1. The highest BCUT2D eigenvalue weighted by Gasteiger charge is 2.31. The molecule has 0 bridgehead atoms. The van der Waals surface area contributed by atoms with Gasteiger partial charge in [0.05, 0.1) is 5.69 Å². The molecule has 3 aromatic rings. The van der Waals surface area contributed by atoms with Gasteiger partial charge >= 0.3 is 0 Å². The predicted molar refractivity (Wildman–Crippen MR) is 88.8 cm³/mol. The molecule has 0 aromatic carbocycles. The van der Waals surface area contributed by atoms with Crippen LogP contribution in [0.3, 0.4) is 0 Å². The number of hydrogen-bond acceptors (Lipinski definition) is 6. The Kier molecular flexibility index (Phi) is 3.68. The monoisotopic (exact) mass is 327 g/mol. The number of hydrogen-bond donors (Lipinski definition) is 1. The minimum atomic E-state index is 0.0690. The van der Waals surface area contributed by atoms with Crippen LogP contribution in [0.15, 0.2) is 18.6 Å².